The van der Waals surface area contributed by atoms with Crippen LogP contribution < -0.4 is 16.4 Å². The molecule has 5 N–H and O–H groups in total. The number of piperidine rings is 1. The van der Waals surface area contributed by atoms with Crippen LogP contribution >= 0.6 is 0 Å². The van der Waals surface area contributed by atoms with E-state index in [0.717, 1.165) is 12.8 Å². The van der Waals surface area contributed by atoms with Gasteiger partial charge in [0.1, 0.15) is 12.1 Å². The molecule has 0 aromatic heterocycles. The van der Waals surface area contributed by atoms with Crippen LogP contribution in [-0.2, 0) is 14.4 Å². The minimum atomic E-state index is -1.40. The first-order chi connectivity index (χ1) is 9.86. The van der Waals surface area contributed by atoms with Gasteiger partial charge in [0.25, 0.3) is 0 Å². The first-order valence-corrected chi connectivity index (χ1v) is 6.66. The normalized spacial score (nSPS) is 19.5. The van der Waals surface area contributed by atoms with E-state index in [9.17, 15) is 19.2 Å². The summed E-state index contributed by atoms with van der Waals surface area (Å²) >= 11 is 0. The first kappa shape index (κ1) is 16.7. The Hall–Kier alpha value is -2.32. The van der Waals surface area contributed by atoms with Crippen LogP contribution in [0.25, 0.3) is 0 Å². The minimum Gasteiger partial charge on any atom is -0.480 e. The van der Waals surface area contributed by atoms with E-state index in [2.05, 4.69) is 10.6 Å². The van der Waals surface area contributed by atoms with Crippen molar-refractivity contribution in [1.82, 2.24) is 15.5 Å². The molecule has 1 aliphatic rings. The number of nitrogens with one attached hydrogen (secondary N) is 2. The van der Waals surface area contributed by atoms with E-state index in [1.807, 2.05) is 0 Å². The number of nitrogens with zero attached hydrogens (tertiary/aromatic N) is 1. The first-order valence-electron chi connectivity index (χ1n) is 6.66. The minimum absolute atomic E-state index is 0.299. The summed E-state index contributed by atoms with van der Waals surface area (Å²) in [5.41, 5.74) is 4.95. The fraction of sp³-hybridized carbons (Fsp3) is 0.667. The molecule has 1 saturated heterocycles. The second-order valence-corrected chi connectivity index (χ2v) is 4.83. The number of carbonyl (C=O) groups is 4. The third kappa shape index (κ3) is 4.62. The van der Waals surface area contributed by atoms with Crippen molar-refractivity contribution < 1.29 is 24.3 Å². The number of likely N-dealkylation sites (tertiary alicyclic amines) is 1. The Morgan fingerprint density at radius 3 is 2.52 bits per heavy atom. The van der Waals surface area contributed by atoms with Crippen molar-refractivity contribution in [2.24, 2.45) is 5.73 Å². The summed E-state index contributed by atoms with van der Waals surface area (Å²) in [7, 11) is 1.47. The fourth-order valence-corrected chi connectivity index (χ4v) is 2.25. The molecule has 0 aromatic rings. The number of nitrogens with two attached hydrogens (primary N) is 1. The van der Waals surface area contributed by atoms with Crippen LogP contribution in [0, 0.1) is 0 Å². The molecular weight excluding hydrogens is 280 g/mol. The third-order valence-electron chi connectivity index (χ3n) is 3.31. The van der Waals surface area contributed by atoms with Crippen LogP contribution in [-0.4, -0.2) is 59.5 Å². The standard InChI is InChI=1S/C12H20N4O5/c1-14-10(18)8-4-2-3-5-16(8)12(21)15-7(11(19)20)6-9(13)17/h7-8H,2-6H2,1H3,(H2,13,17)(H,14,18)(H,15,21)(H,19,20)/t7-,8?/m0/s1. The van der Waals surface area contributed by atoms with Crippen LogP contribution in [0.3, 0.4) is 0 Å². The molecule has 1 fully saturated rings. The van der Waals surface area contributed by atoms with Crippen molar-refractivity contribution in [3.63, 3.8) is 0 Å². The summed E-state index contributed by atoms with van der Waals surface area (Å²) < 4.78 is 0. The van der Waals surface area contributed by atoms with E-state index >= 15 is 0 Å². The monoisotopic (exact) mass is 300 g/mol. The van der Waals surface area contributed by atoms with E-state index < -0.39 is 36.4 Å². The largest absolute Gasteiger partial charge is 0.480 e. The van der Waals surface area contributed by atoms with Crippen molar-refractivity contribution in [1.29, 1.82) is 0 Å². The molecule has 1 unspecified atom stereocenters. The number of hydrogen-bond acceptors (Lipinski definition) is 4. The van der Waals surface area contributed by atoms with Gasteiger partial charge in [-0.15, -0.1) is 0 Å². The second-order valence-electron chi connectivity index (χ2n) is 4.83. The molecule has 4 amide bonds. The lowest BCUT2D eigenvalue weighted by Gasteiger charge is -2.35. The Labute approximate surface area is 121 Å². The Kier molecular flexibility index (Phi) is 5.94. The summed E-state index contributed by atoms with van der Waals surface area (Å²) in [6.45, 7) is 0.354. The van der Waals surface area contributed by atoms with Gasteiger partial charge in [0.2, 0.25) is 11.8 Å². The summed E-state index contributed by atoms with van der Waals surface area (Å²) in [6, 6.07) is -2.72. The lowest BCUT2D eigenvalue weighted by atomic mass is 10.0. The Balaban J connectivity index is 2.76. The molecule has 0 bridgehead atoms. The molecule has 0 radical (unpaired) electrons. The molecular formula is C12H20N4O5. The Morgan fingerprint density at radius 1 is 1.33 bits per heavy atom. The number of urea groups is 1. The van der Waals surface area contributed by atoms with E-state index in [1.165, 1.54) is 11.9 Å². The van der Waals surface area contributed by atoms with E-state index in [0.29, 0.717) is 13.0 Å². The Morgan fingerprint density at radius 2 is 2.00 bits per heavy atom. The fourth-order valence-electron chi connectivity index (χ4n) is 2.25. The van der Waals surface area contributed by atoms with Gasteiger partial charge in [-0.25, -0.2) is 9.59 Å². The molecule has 9 nitrogen and oxygen atoms in total. The molecule has 118 valence electrons. The van der Waals surface area contributed by atoms with E-state index in [-0.39, 0.29) is 5.91 Å². The number of carboxylic acids is 1. The van der Waals surface area contributed by atoms with Gasteiger partial charge >= 0.3 is 12.0 Å². The van der Waals surface area contributed by atoms with Gasteiger partial charge in [-0.1, -0.05) is 0 Å². The molecule has 0 aromatic carbocycles. The van der Waals surface area contributed by atoms with Gasteiger partial charge in [-0.3, -0.25) is 9.59 Å². The van der Waals surface area contributed by atoms with Crippen LogP contribution in [0.15, 0.2) is 0 Å². The highest BCUT2D eigenvalue weighted by atomic mass is 16.4. The van der Waals surface area contributed by atoms with E-state index in [1.54, 1.807) is 0 Å². The van der Waals surface area contributed by atoms with E-state index in [4.69, 9.17) is 10.8 Å². The van der Waals surface area contributed by atoms with Crippen molar-refractivity contribution in [3.8, 4) is 0 Å². The van der Waals surface area contributed by atoms with Gasteiger partial charge in [0.05, 0.1) is 6.42 Å². The zero-order valence-electron chi connectivity index (χ0n) is 11.8. The highest BCUT2D eigenvalue weighted by Gasteiger charge is 2.33. The molecule has 0 spiro atoms. The predicted octanol–water partition coefficient (Wildman–Crippen LogP) is -1.37. The second kappa shape index (κ2) is 7.46. The highest BCUT2D eigenvalue weighted by molar-refractivity contribution is 5.90. The molecule has 0 aliphatic carbocycles. The third-order valence-corrected chi connectivity index (χ3v) is 3.31. The maximum Gasteiger partial charge on any atom is 0.326 e. The van der Waals surface area contributed by atoms with Gasteiger partial charge in [0, 0.05) is 13.6 Å². The number of carbonyl (C=O) groups excluding carboxylic acids is 3. The SMILES string of the molecule is CNC(=O)C1CCCCN1C(=O)N[C@@H](CC(N)=O)C(=O)O. The van der Waals surface area contributed by atoms with Crippen molar-refractivity contribution in [2.45, 2.75) is 37.8 Å². The maximum atomic E-state index is 12.1. The molecule has 2 atom stereocenters. The zero-order valence-corrected chi connectivity index (χ0v) is 11.8. The molecule has 1 aliphatic heterocycles. The quantitative estimate of drug-likeness (QED) is 0.495. The Bertz CT molecular complexity index is 439. The number of carboxylic acid groups (broad SMARTS) is 1. The predicted molar refractivity (Wildman–Crippen MR) is 72.2 cm³/mol. The molecule has 0 saturated carbocycles. The number of amides is 4. The van der Waals surface area contributed by atoms with Crippen LogP contribution in [0.1, 0.15) is 25.7 Å². The summed E-state index contributed by atoms with van der Waals surface area (Å²) in [4.78, 5) is 47.0. The molecule has 1 rings (SSSR count). The van der Waals surface area contributed by atoms with Crippen LogP contribution in [0.5, 0.6) is 0 Å². The summed E-state index contributed by atoms with van der Waals surface area (Å²) in [5, 5.41) is 13.7. The van der Waals surface area contributed by atoms with Crippen molar-refractivity contribution in [3.05, 3.63) is 0 Å². The lowest BCUT2D eigenvalue weighted by molar-refractivity contribution is -0.141. The molecule has 9 heteroatoms. The average Bonchev–Trinajstić information content (AvgIpc) is 2.45. The van der Waals surface area contributed by atoms with Gasteiger partial charge < -0.3 is 26.4 Å². The molecule has 21 heavy (non-hydrogen) atoms. The molecule has 1 heterocycles. The number of aliphatic carboxylic acids is 1. The smallest absolute Gasteiger partial charge is 0.326 e. The van der Waals surface area contributed by atoms with Gasteiger partial charge in [-0.05, 0) is 19.3 Å². The lowest BCUT2D eigenvalue weighted by Crippen LogP contribution is -2.57. The van der Waals surface area contributed by atoms with Gasteiger partial charge in [0.15, 0.2) is 0 Å². The van der Waals surface area contributed by atoms with Gasteiger partial charge in [-0.2, -0.15) is 0 Å². The maximum absolute atomic E-state index is 12.1. The zero-order chi connectivity index (χ0) is 16.0. The van der Waals surface area contributed by atoms with Crippen LogP contribution in [0.4, 0.5) is 4.79 Å². The highest BCUT2D eigenvalue weighted by Crippen LogP contribution is 2.17. The number of likely N-dealkylation sites (N-methyl/N-ethyl adjacent to an activating group) is 1. The number of rotatable bonds is 5. The number of primary amides is 1. The van der Waals surface area contributed by atoms with Crippen LogP contribution in [0.2, 0.25) is 0 Å². The van der Waals surface area contributed by atoms with Crippen molar-refractivity contribution in [2.75, 3.05) is 13.6 Å². The summed E-state index contributed by atoms with van der Waals surface area (Å²) in [6.07, 6.45) is 1.56. The summed E-state index contributed by atoms with van der Waals surface area (Å²) in [5.74, 6) is -2.48. The topological polar surface area (TPSA) is 142 Å². The number of hydrogen-bond donors (Lipinski definition) is 4. The van der Waals surface area contributed by atoms with Crippen molar-refractivity contribution >= 4 is 23.8 Å². The average molecular weight is 300 g/mol.